The predicted molar refractivity (Wildman–Crippen MR) is 71.4 cm³/mol. The van der Waals surface area contributed by atoms with E-state index in [-0.39, 0.29) is 6.61 Å². The molecular formula is C11H13N3O7. The molecule has 0 aliphatic carbocycles. The normalized spacial score (nSPS) is 11.0. The van der Waals surface area contributed by atoms with Crippen molar-refractivity contribution in [1.29, 1.82) is 0 Å². The highest BCUT2D eigenvalue weighted by Crippen LogP contribution is 2.41. The second kappa shape index (κ2) is 5.69. The molecule has 21 heavy (non-hydrogen) atoms. The highest BCUT2D eigenvalue weighted by Gasteiger charge is 2.32. The topological polar surface area (TPSA) is 139 Å². The largest absolute Gasteiger partial charge is 0.481 e. The van der Waals surface area contributed by atoms with Crippen molar-refractivity contribution in [3.05, 3.63) is 42.5 Å². The summed E-state index contributed by atoms with van der Waals surface area (Å²) in [7, 11) is 0. The van der Waals surface area contributed by atoms with Crippen LogP contribution >= 0.6 is 0 Å². The maximum absolute atomic E-state index is 11.0. The van der Waals surface area contributed by atoms with E-state index in [1.807, 2.05) is 0 Å². The maximum atomic E-state index is 11.0. The monoisotopic (exact) mass is 299 g/mol. The first-order valence-electron chi connectivity index (χ1n) is 5.77. The summed E-state index contributed by atoms with van der Waals surface area (Å²) in [6.07, 6.45) is 0. The van der Waals surface area contributed by atoms with E-state index in [0.29, 0.717) is 12.1 Å². The smallest absolute Gasteiger partial charge is 0.325 e. The van der Waals surface area contributed by atoms with E-state index in [9.17, 15) is 30.3 Å². The molecule has 114 valence electrons. The molecule has 0 radical (unpaired) electrons. The molecule has 0 unspecified atom stereocenters. The van der Waals surface area contributed by atoms with Gasteiger partial charge in [-0.25, -0.2) is 0 Å². The van der Waals surface area contributed by atoms with Crippen LogP contribution < -0.4 is 4.74 Å². The SMILES string of the molecule is CC(C)(C)COc1c([N+](=O)[O-])cc([N+](=O)[O-])cc1[N+](=O)[O-]. The van der Waals surface area contributed by atoms with Crippen molar-refractivity contribution in [1.82, 2.24) is 0 Å². The maximum Gasteiger partial charge on any atom is 0.325 e. The first-order valence-corrected chi connectivity index (χ1v) is 5.77. The highest BCUT2D eigenvalue weighted by atomic mass is 16.6. The molecule has 1 aromatic rings. The molecular weight excluding hydrogens is 286 g/mol. The average Bonchev–Trinajstić information content (AvgIpc) is 2.33. The number of benzene rings is 1. The molecule has 0 saturated heterocycles. The number of nitrogens with zero attached hydrogens (tertiary/aromatic N) is 3. The zero-order valence-electron chi connectivity index (χ0n) is 11.6. The van der Waals surface area contributed by atoms with Crippen LogP contribution in [0.4, 0.5) is 17.1 Å². The van der Waals surface area contributed by atoms with E-state index in [1.165, 1.54) is 0 Å². The second-order valence-corrected chi connectivity index (χ2v) is 5.43. The molecule has 0 aromatic heterocycles. The second-order valence-electron chi connectivity index (χ2n) is 5.43. The van der Waals surface area contributed by atoms with Gasteiger partial charge in [-0.15, -0.1) is 0 Å². The van der Waals surface area contributed by atoms with Crippen LogP contribution in [-0.2, 0) is 0 Å². The van der Waals surface area contributed by atoms with Crippen LogP contribution in [0.25, 0.3) is 0 Å². The quantitative estimate of drug-likeness (QED) is 0.601. The summed E-state index contributed by atoms with van der Waals surface area (Å²) in [5.41, 5.74) is -2.75. The summed E-state index contributed by atoms with van der Waals surface area (Å²) < 4.78 is 5.18. The number of nitro groups is 3. The Bertz CT molecular complexity index is 571. The lowest BCUT2D eigenvalue weighted by atomic mass is 9.99. The molecule has 10 nitrogen and oxygen atoms in total. The van der Waals surface area contributed by atoms with Crippen LogP contribution in [0.5, 0.6) is 5.75 Å². The Morgan fingerprint density at radius 2 is 1.38 bits per heavy atom. The molecule has 0 N–H and O–H groups in total. The van der Waals surface area contributed by atoms with Crippen molar-refractivity contribution in [2.45, 2.75) is 20.8 Å². The van der Waals surface area contributed by atoms with E-state index >= 15 is 0 Å². The zero-order chi connectivity index (χ0) is 16.4. The summed E-state index contributed by atoms with van der Waals surface area (Å²) in [4.78, 5) is 29.8. The molecule has 0 aliphatic rings. The van der Waals surface area contributed by atoms with Gasteiger partial charge >= 0.3 is 11.4 Å². The van der Waals surface area contributed by atoms with Crippen LogP contribution in [0.3, 0.4) is 0 Å². The zero-order valence-corrected chi connectivity index (χ0v) is 11.6. The summed E-state index contributed by atoms with van der Waals surface area (Å²) in [6, 6.07) is 1.29. The third kappa shape index (κ3) is 4.09. The first kappa shape index (κ1) is 16.3. The highest BCUT2D eigenvalue weighted by molar-refractivity contribution is 5.65. The minimum absolute atomic E-state index is 0.0213. The predicted octanol–water partition coefficient (Wildman–Crippen LogP) is 2.84. The fourth-order valence-corrected chi connectivity index (χ4v) is 1.40. The summed E-state index contributed by atoms with van der Waals surface area (Å²) in [5, 5.41) is 32.7. The van der Waals surface area contributed by atoms with Gasteiger partial charge in [-0.2, -0.15) is 0 Å². The Morgan fingerprint density at radius 1 is 0.952 bits per heavy atom. The number of non-ortho nitro benzene ring substituents is 1. The molecule has 0 bridgehead atoms. The number of hydrogen-bond acceptors (Lipinski definition) is 7. The molecule has 0 atom stereocenters. The van der Waals surface area contributed by atoms with Gasteiger partial charge in [0, 0.05) is 0 Å². The van der Waals surface area contributed by atoms with Gasteiger partial charge in [0.2, 0.25) is 0 Å². The van der Waals surface area contributed by atoms with E-state index < -0.39 is 43.0 Å². The Morgan fingerprint density at radius 3 is 1.67 bits per heavy atom. The van der Waals surface area contributed by atoms with Gasteiger partial charge in [-0.05, 0) is 5.41 Å². The van der Waals surface area contributed by atoms with Gasteiger partial charge in [-0.1, -0.05) is 20.8 Å². The number of hydrogen-bond donors (Lipinski definition) is 0. The molecule has 0 spiro atoms. The number of rotatable bonds is 5. The molecule has 0 saturated carbocycles. The fourth-order valence-electron chi connectivity index (χ4n) is 1.40. The summed E-state index contributed by atoms with van der Waals surface area (Å²) in [5.74, 6) is -0.578. The van der Waals surface area contributed by atoms with E-state index in [2.05, 4.69) is 0 Å². The van der Waals surface area contributed by atoms with Gasteiger partial charge in [0.15, 0.2) is 0 Å². The van der Waals surface area contributed by atoms with Crippen molar-refractivity contribution in [2.75, 3.05) is 6.61 Å². The van der Waals surface area contributed by atoms with E-state index in [1.54, 1.807) is 20.8 Å². The Kier molecular flexibility index (Phi) is 4.41. The van der Waals surface area contributed by atoms with Crippen LogP contribution in [0, 0.1) is 35.8 Å². The van der Waals surface area contributed by atoms with E-state index in [0.717, 1.165) is 0 Å². The molecule has 0 fully saturated rings. The molecule has 1 rings (SSSR count). The Hall–Kier alpha value is -2.78. The Balaban J connectivity index is 3.46. The lowest BCUT2D eigenvalue weighted by Gasteiger charge is -2.18. The lowest BCUT2D eigenvalue weighted by molar-refractivity contribution is -0.404. The summed E-state index contributed by atoms with van der Waals surface area (Å²) >= 11 is 0. The lowest BCUT2D eigenvalue weighted by Crippen LogP contribution is -2.18. The van der Waals surface area contributed by atoms with Crippen LogP contribution in [0.15, 0.2) is 12.1 Å². The average molecular weight is 299 g/mol. The Labute approximate surface area is 118 Å². The van der Waals surface area contributed by atoms with Crippen LogP contribution in [-0.4, -0.2) is 21.4 Å². The standard InChI is InChI=1S/C11H13N3O7/c1-11(2,3)6-21-10-8(13(17)18)4-7(12(15)16)5-9(10)14(19)20/h4-5H,6H2,1-3H3. The minimum atomic E-state index is -0.946. The van der Waals surface area contributed by atoms with Gasteiger partial charge in [0.05, 0.1) is 33.5 Å². The van der Waals surface area contributed by atoms with Crippen molar-refractivity contribution >= 4 is 17.1 Å². The third-order valence-electron chi connectivity index (χ3n) is 2.29. The van der Waals surface area contributed by atoms with E-state index in [4.69, 9.17) is 4.74 Å². The summed E-state index contributed by atoms with van der Waals surface area (Å²) in [6.45, 7) is 5.30. The third-order valence-corrected chi connectivity index (χ3v) is 2.29. The van der Waals surface area contributed by atoms with Crippen molar-refractivity contribution < 1.29 is 19.5 Å². The van der Waals surface area contributed by atoms with Crippen molar-refractivity contribution in [3.8, 4) is 5.75 Å². The molecule has 0 amide bonds. The van der Waals surface area contributed by atoms with Gasteiger partial charge in [0.25, 0.3) is 11.4 Å². The van der Waals surface area contributed by atoms with Crippen molar-refractivity contribution in [2.24, 2.45) is 5.41 Å². The van der Waals surface area contributed by atoms with Gasteiger partial charge in [0.1, 0.15) is 0 Å². The van der Waals surface area contributed by atoms with Gasteiger partial charge < -0.3 is 4.74 Å². The molecule has 0 heterocycles. The first-order chi connectivity index (χ1) is 9.53. The molecule has 1 aromatic carbocycles. The van der Waals surface area contributed by atoms with Crippen LogP contribution in [0.1, 0.15) is 20.8 Å². The van der Waals surface area contributed by atoms with Gasteiger partial charge in [-0.3, -0.25) is 30.3 Å². The number of nitro benzene ring substituents is 3. The van der Waals surface area contributed by atoms with Crippen LogP contribution in [0.2, 0.25) is 0 Å². The minimum Gasteiger partial charge on any atom is -0.481 e. The molecule has 0 aliphatic heterocycles. The van der Waals surface area contributed by atoms with Crippen molar-refractivity contribution in [3.63, 3.8) is 0 Å². The number of ether oxygens (including phenoxy) is 1. The fraction of sp³-hybridized carbons (Fsp3) is 0.455. The molecule has 10 heteroatoms.